The first-order valence-electron chi connectivity index (χ1n) is 12.2. The second kappa shape index (κ2) is 14.3. The van der Waals surface area contributed by atoms with Crippen LogP contribution in [0, 0.1) is 34.9 Å². The van der Waals surface area contributed by atoms with Crippen LogP contribution in [0.15, 0.2) is 24.3 Å². The molecular weight excluding hydrogens is 530 g/mol. The van der Waals surface area contributed by atoms with E-state index >= 15 is 0 Å². The maximum Gasteiger partial charge on any atom is 0.247 e. The molecule has 0 saturated heterocycles. The summed E-state index contributed by atoms with van der Waals surface area (Å²) in [4.78, 5) is 25.7. The van der Waals surface area contributed by atoms with Crippen LogP contribution in [0.25, 0.3) is 0 Å². The first kappa shape index (κ1) is 32.0. The molecule has 2 atom stereocenters. The molecule has 2 aromatic rings. The van der Waals surface area contributed by atoms with E-state index in [1.165, 1.54) is 0 Å². The number of nitrogens with one attached hydrogen (secondary N) is 2. The summed E-state index contributed by atoms with van der Waals surface area (Å²) >= 11 is 0. The van der Waals surface area contributed by atoms with E-state index in [-0.39, 0.29) is 12.0 Å². The Morgan fingerprint density at radius 3 is 2.00 bits per heavy atom. The first-order valence-corrected chi connectivity index (χ1v) is 12.2. The lowest BCUT2D eigenvalue weighted by atomic mass is 10.0. The van der Waals surface area contributed by atoms with E-state index in [9.17, 15) is 35.9 Å². The van der Waals surface area contributed by atoms with Gasteiger partial charge in [0.1, 0.15) is 6.04 Å². The van der Waals surface area contributed by atoms with Crippen LogP contribution < -0.4 is 27.8 Å². The van der Waals surface area contributed by atoms with Crippen LogP contribution in [0.3, 0.4) is 0 Å². The molecule has 0 fully saturated rings. The van der Waals surface area contributed by atoms with Gasteiger partial charge in [0.15, 0.2) is 34.9 Å². The second-order valence-electron chi connectivity index (χ2n) is 9.47. The Morgan fingerprint density at radius 2 is 1.44 bits per heavy atom. The highest BCUT2D eigenvalue weighted by molar-refractivity contribution is 5.98. The zero-order valence-electron chi connectivity index (χ0n) is 21.4. The zero-order valence-corrected chi connectivity index (χ0v) is 21.4. The molecule has 0 aliphatic carbocycles. The van der Waals surface area contributed by atoms with Gasteiger partial charge in [-0.25, -0.2) is 26.3 Å². The summed E-state index contributed by atoms with van der Waals surface area (Å²) in [6.45, 7) is 2.80. The normalized spacial score (nSPS) is 13.2. The number of hydrogen-bond acceptors (Lipinski definition) is 5. The molecule has 14 heteroatoms. The molecule has 0 aliphatic rings. The molecule has 0 heterocycles. The predicted molar refractivity (Wildman–Crippen MR) is 133 cm³/mol. The van der Waals surface area contributed by atoms with Crippen molar-refractivity contribution in [3.05, 3.63) is 64.7 Å². The van der Waals surface area contributed by atoms with Crippen LogP contribution in [0.2, 0.25) is 0 Å². The van der Waals surface area contributed by atoms with Gasteiger partial charge in [0.05, 0.1) is 38.4 Å². The summed E-state index contributed by atoms with van der Waals surface area (Å²) in [6, 6.07) is -0.135. The minimum Gasteiger partial charge on any atom is -0.343 e. The lowest BCUT2D eigenvalue weighted by molar-refractivity contribution is -0.907. The average Bonchev–Trinajstić information content (AvgIpc) is 2.87. The van der Waals surface area contributed by atoms with E-state index in [1.807, 2.05) is 12.4 Å². The first-order chi connectivity index (χ1) is 18.3. The Morgan fingerprint density at radius 1 is 0.846 bits per heavy atom. The largest absolute Gasteiger partial charge is 0.343 e. The number of rotatable bonds is 14. The van der Waals surface area contributed by atoms with Gasteiger partial charge in [-0.15, -0.1) is 0 Å². The van der Waals surface area contributed by atoms with Crippen molar-refractivity contribution in [3.63, 3.8) is 0 Å². The van der Waals surface area contributed by atoms with Crippen molar-refractivity contribution in [3.8, 4) is 0 Å². The average molecular weight is 564 g/mol. The third-order valence-electron chi connectivity index (χ3n) is 6.30. The molecular formula is C25H33F6N6O2+. The number of quaternary nitrogens is 1. The highest BCUT2D eigenvalue weighted by atomic mass is 19.2. The fourth-order valence-corrected chi connectivity index (χ4v) is 4.07. The van der Waals surface area contributed by atoms with E-state index in [0.717, 1.165) is 6.07 Å². The van der Waals surface area contributed by atoms with Gasteiger partial charge in [0, 0.05) is 19.5 Å². The monoisotopic (exact) mass is 563 g/mol. The number of halogens is 6. The summed E-state index contributed by atoms with van der Waals surface area (Å²) < 4.78 is 82.4. The molecule has 8 nitrogen and oxygen atoms in total. The number of benzene rings is 2. The molecule has 2 rings (SSSR count). The molecule has 0 bridgehead atoms. The molecule has 0 spiro atoms. The topological polar surface area (TPSA) is 136 Å². The van der Waals surface area contributed by atoms with Gasteiger partial charge in [-0.1, -0.05) is 0 Å². The lowest BCUT2D eigenvalue weighted by Crippen LogP contribution is -2.52. The number of nitrogens with two attached hydrogens (primary N) is 3. The Kier molecular flexibility index (Phi) is 11.7. The van der Waals surface area contributed by atoms with Gasteiger partial charge < -0.3 is 32.3 Å². The highest BCUT2D eigenvalue weighted by Gasteiger charge is 2.28. The number of likely N-dealkylation sites (N-methyl/N-ethyl adjacent to an activating group) is 1. The fourth-order valence-electron chi connectivity index (χ4n) is 4.07. The van der Waals surface area contributed by atoms with Gasteiger partial charge in [-0.05, 0) is 42.7 Å². The van der Waals surface area contributed by atoms with Gasteiger partial charge in [-0.3, -0.25) is 9.59 Å². The quantitative estimate of drug-likeness (QED) is 0.135. The van der Waals surface area contributed by atoms with E-state index in [4.69, 9.17) is 17.2 Å². The summed E-state index contributed by atoms with van der Waals surface area (Å²) in [5.41, 5.74) is 16.4. The van der Waals surface area contributed by atoms with Crippen LogP contribution >= 0.6 is 0 Å². The summed E-state index contributed by atoms with van der Waals surface area (Å²) in [5, 5.41) is 4.34. The van der Waals surface area contributed by atoms with Crippen molar-refractivity contribution in [2.75, 3.05) is 45.1 Å². The van der Waals surface area contributed by atoms with Crippen molar-refractivity contribution in [1.82, 2.24) is 5.32 Å². The molecule has 8 N–H and O–H groups in total. The molecule has 0 unspecified atom stereocenters. The number of carbonyl (C=O) groups excluding carboxylic acids is 2. The van der Waals surface area contributed by atoms with Crippen LogP contribution in [0.4, 0.5) is 32.0 Å². The summed E-state index contributed by atoms with van der Waals surface area (Å²) in [7, 11) is 1.96. The second-order valence-corrected chi connectivity index (χ2v) is 9.47. The van der Waals surface area contributed by atoms with Gasteiger partial charge in [0.25, 0.3) is 0 Å². The number of amides is 2. The highest BCUT2D eigenvalue weighted by Crippen LogP contribution is 2.21. The number of hydrogen-bond donors (Lipinski definition) is 5. The zero-order chi connectivity index (χ0) is 29.3. The number of carbonyl (C=O) groups is 2. The van der Waals surface area contributed by atoms with Crippen molar-refractivity contribution >= 4 is 17.5 Å². The minimum absolute atomic E-state index is 0.195. The van der Waals surface area contributed by atoms with Gasteiger partial charge in [-0.2, -0.15) is 0 Å². The van der Waals surface area contributed by atoms with Crippen molar-refractivity contribution in [2.24, 2.45) is 17.2 Å². The van der Waals surface area contributed by atoms with Crippen LogP contribution in [0.5, 0.6) is 0 Å². The molecule has 0 radical (unpaired) electrons. The fraction of sp³-hybridized carbons (Fsp3) is 0.440. The van der Waals surface area contributed by atoms with Crippen molar-refractivity contribution in [1.29, 1.82) is 0 Å². The smallest absolute Gasteiger partial charge is 0.247 e. The third-order valence-corrected chi connectivity index (χ3v) is 6.30. The van der Waals surface area contributed by atoms with E-state index in [1.54, 1.807) is 0 Å². The standard InChI is InChI=1S/C25H32F6N6O2/c1-37(9-6-32,10-7-33)8-2-3-18(34)24(38)36-20(13-14-11-16(27)21(29)17(28)12-14)25(39)35-19-5-4-15(26)22(30)23(19)31/h4-5,11-12,18,20H,2-3,6-10,13,32-34H2,1H3,(H-,35,36,38,39)/p+1/t18-,20-/m0/s1. The van der Waals surface area contributed by atoms with Crippen LogP contribution in [0.1, 0.15) is 18.4 Å². The summed E-state index contributed by atoms with van der Waals surface area (Å²) in [6.07, 6.45) is 0.128. The van der Waals surface area contributed by atoms with Gasteiger partial charge >= 0.3 is 0 Å². The van der Waals surface area contributed by atoms with Crippen molar-refractivity contribution in [2.45, 2.75) is 31.3 Å². The maximum atomic E-state index is 14.1. The number of anilines is 1. The molecule has 0 aliphatic heterocycles. The molecule has 2 amide bonds. The van der Waals surface area contributed by atoms with Gasteiger partial charge in [0.2, 0.25) is 11.8 Å². The lowest BCUT2D eigenvalue weighted by Gasteiger charge is -2.34. The van der Waals surface area contributed by atoms with E-state index in [2.05, 4.69) is 5.32 Å². The maximum absolute atomic E-state index is 14.1. The van der Waals surface area contributed by atoms with E-state index in [0.29, 0.717) is 61.8 Å². The SMILES string of the molecule is C[N+](CCN)(CCN)CCC[C@H](N)C(=O)N[C@@H](Cc1cc(F)c(F)c(F)c1)C(=O)Nc1ccc(F)c(F)c1F. The molecule has 2 aromatic carbocycles. The Balaban J connectivity index is 2.19. The Labute approximate surface area is 222 Å². The molecule has 39 heavy (non-hydrogen) atoms. The van der Waals surface area contributed by atoms with Crippen LogP contribution in [-0.2, 0) is 16.0 Å². The third kappa shape index (κ3) is 8.92. The van der Waals surface area contributed by atoms with E-state index < -0.39 is 70.9 Å². The molecule has 216 valence electrons. The van der Waals surface area contributed by atoms with Crippen LogP contribution in [-0.4, -0.2) is 68.2 Å². The summed E-state index contributed by atoms with van der Waals surface area (Å²) in [5.74, 6) is -11.8. The molecule has 0 aromatic heterocycles. The number of nitrogens with zero attached hydrogens (tertiary/aromatic N) is 1. The van der Waals surface area contributed by atoms with Crippen molar-refractivity contribution < 1.29 is 40.4 Å². The Bertz CT molecular complexity index is 1140. The minimum atomic E-state index is -1.84. The predicted octanol–water partition coefficient (Wildman–Crippen LogP) is 1.66. The Hall–Kier alpha value is -3.20. The molecule has 0 saturated carbocycles.